The molecule has 3 saturated heterocycles. The van der Waals surface area contributed by atoms with Gasteiger partial charge in [-0.2, -0.15) is 0 Å². The highest BCUT2D eigenvalue weighted by molar-refractivity contribution is 6.06. The van der Waals surface area contributed by atoms with Crippen LogP contribution in [0.2, 0.25) is 0 Å². The quantitative estimate of drug-likeness (QED) is 0.196. The SMILES string of the molecule is COc1cc(N2CC3(CCC(CN4CCN5c6ccc7c(c6OC[C@H]5C4)CN([C@H]4CCC(=O)NC4=O)C7=O)CC3)C2)c(F)cc1[C@H]1c2ccc(O)cc2CC[C@H]1c1ccccc1. The Morgan fingerprint density at radius 1 is 0.887 bits per heavy atom. The number of aryl methyl sites for hydroxylation is 1. The van der Waals surface area contributed by atoms with Crippen LogP contribution in [0.25, 0.3) is 0 Å². The van der Waals surface area contributed by atoms with Crippen molar-refractivity contribution in [3.8, 4) is 17.2 Å². The van der Waals surface area contributed by atoms with Gasteiger partial charge in [-0.15, -0.1) is 0 Å². The predicted octanol–water partition coefficient (Wildman–Crippen LogP) is 6.74. The third-order valence-corrected chi connectivity index (χ3v) is 15.5. The lowest BCUT2D eigenvalue weighted by Crippen LogP contribution is -2.59. The summed E-state index contributed by atoms with van der Waals surface area (Å²) in [5.74, 6) is 1.32. The monoisotopic (exact) mass is 839 g/mol. The first-order chi connectivity index (χ1) is 30.1. The summed E-state index contributed by atoms with van der Waals surface area (Å²) in [7, 11) is 1.69. The number of methoxy groups -OCH3 is 1. The van der Waals surface area contributed by atoms with E-state index in [1.807, 2.05) is 36.4 Å². The fraction of sp³-hybridized carbons (Fsp3) is 0.460. The second-order valence-corrected chi connectivity index (χ2v) is 19.0. The second kappa shape index (κ2) is 15.3. The van der Waals surface area contributed by atoms with Crippen LogP contribution in [0.15, 0.2) is 72.8 Å². The number of halogens is 1. The van der Waals surface area contributed by atoms with Crippen LogP contribution >= 0.6 is 0 Å². The van der Waals surface area contributed by atoms with Gasteiger partial charge in [0.25, 0.3) is 5.91 Å². The first kappa shape index (κ1) is 39.2. The zero-order chi connectivity index (χ0) is 42.3. The molecule has 0 radical (unpaired) electrons. The van der Waals surface area contributed by atoms with Crippen molar-refractivity contribution in [3.63, 3.8) is 0 Å². The number of carbonyl (C=O) groups excluding carboxylic acids is 3. The summed E-state index contributed by atoms with van der Waals surface area (Å²) in [6, 6.07) is 23.2. The summed E-state index contributed by atoms with van der Waals surface area (Å²) < 4.78 is 28.9. The molecule has 4 aromatic carbocycles. The molecular weight excluding hydrogens is 786 g/mol. The van der Waals surface area contributed by atoms with Crippen LogP contribution in [-0.4, -0.2) is 97.7 Å². The number of nitrogens with one attached hydrogen (secondary N) is 1. The molecule has 2 aliphatic carbocycles. The maximum atomic E-state index is 16.4. The number of benzene rings is 4. The van der Waals surface area contributed by atoms with E-state index >= 15 is 4.39 Å². The number of hydrogen-bond donors (Lipinski definition) is 2. The van der Waals surface area contributed by atoms with Gasteiger partial charge in [-0.25, -0.2) is 4.39 Å². The highest BCUT2D eigenvalue weighted by atomic mass is 19.1. The van der Waals surface area contributed by atoms with E-state index < -0.39 is 11.9 Å². The van der Waals surface area contributed by atoms with Gasteiger partial charge in [0.1, 0.15) is 35.7 Å². The molecule has 5 heterocycles. The number of carbonyl (C=O) groups is 3. The second-order valence-electron chi connectivity index (χ2n) is 19.0. The van der Waals surface area contributed by atoms with Crippen LogP contribution in [0.5, 0.6) is 17.2 Å². The van der Waals surface area contributed by atoms with E-state index in [1.54, 1.807) is 24.1 Å². The van der Waals surface area contributed by atoms with Crippen molar-refractivity contribution in [1.82, 2.24) is 15.1 Å². The molecule has 0 bridgehead atoms. The van der Waals surface area contributed by atoms with E-state index in [1.165, 1.54) is 18.4 Å². The fourth-order valence-corrected chi connectivity index (χ4v) is 12.3. The third kappa shape index (κ3) is 6.67. The number of hydrogen-bond acceptors (Lipinski definition) is 9. The Morgan fingerprint density at radius 3 is 2.50 bits per heavy atom. The number of aromatic hydroxyl groups is 1. The molecule has 4 fully saturated rings. The maximum Gasteiger partial charge on any atom is 0.255 e. The summed E-state index contributed by atoms with van der Waals surface area (Å²) in [5, 5.41) is 12.7. The summed E-state index contributed by atoms with van der Waals surface area (Å²) in [6.07, 6.45) is 6.95. The Bertz CT molecular complexity index is 2450. The fourth-order valence-electron chi connectivity index (χ4n) is 12.3. The molecule has 12 heteroatoms. The van der Waals surface area contributed by atoms with Crippen molar-refractivity contribution in [2.75, 3.05) is 62.8 Å². The predicted molar refractivity (Wildman–Crippen MR) is 233 cm³/mol. The van der Waals surface area contributed by atoms with Crippen molar-refractivity contribution in [1.29, 1.82) is 0 Å². The number of amides is 3. The zero-order valence-electron chi connectivity index (χ0n) is 35.3. The standard InChI is InChI=1S/C50H54FN5O6/c1-61-44-23-43(40(51)22-38(44)46-35(31-5-3-2-4-6-31)9-7-32-21-34(57)8-10-36(32)46)54-28-50(29-54)17-15-30(16-18-50)24-53-19-20-55-33(25-53)27-62-47-39-26-56(42-13-14-45(58)52-48(42)59)49(60)37(39)11-12-41(47)55/h2-6,8,10-12,21-23,30,33,35,42,46,57H,7,9,13-20,24-29H2,1H3,(H,52,58,59)/t33-,35+,42+,46-/m1/s1. The number of anilines is 2. The Hall–Kier alpha value is -5.62. The Labute approximate surface area is 361 Å². The van der Waals surface area contributed by atoms with Gasteiger partial charge in [0.05, 0.1) is 31.1 Å². The summed E-state index contributed by atoms with van der Waals surface area (Å²) in [5.41, 5.74) is 7.59. The van der Waals surface area contributed by atoms with Crippen molar-refractivity contribution in [2.24, 2.45) is 11.3 Å². The number of rotatable bonds is 7. The Kier molecular flexibility index (Phi) is 9.70. The molecule has 11 rings (SSSR count). The topological polar surface area (TPSA) is 115 Å². The van der Waals surface area contributed by atoms with Gasteiger partial charge in [0, 0.05) is 79.8 Å². The van der Waals surface area contributed by atoms with Crippen molar-refractivity contribution in [2.45, 2.75) is 81.8 Å². The summed E-state index contributed by atoms with van der Waals surface area (Å²) >= 11 is 0. The minimum atomic E-state index is -0.649. The highest BCUT2D eigenvalue weighted by Gasteiger charge is 2.47. The number of piperidine rings is 1. The molecular formula is C50H54FN5O6. The smallest absolute Gasteiger partial charge is 0.255 e. The van der Waals surface area contributed by atoms with E-state index in [2.05, 4.69) is 44.3 Å². The largest absolute Gasteiger partial charge is 0.508 e. The maximum absolute atomic E-state index is 16.4. The van der Waals surface area contributed by atoms with Crippen molar-refractivity contribution in [3.05, 3.63) is 112 Å². The number of imide groups is 1. The van der Waals surface area contributed by atoms with E-state index in [0.717, 1.165) is 98.6 Å². The summed E-state index contributed by atoms with van der Waals surface area (Å²) in [4.78, 5) is 46.6. The number of fused-ring (bicyclic) bond motifs is 6. The van der Waals surface area contributed by atoms with Gasteiger partial charge in [-0.3, -0.25) is 24.6 Å². The van der Waals surface area contributed by atoms with Crippen molar-refractivity contribution >= 4 is 29.1 Å². The molecule has 322 valence electrons. The van der Waals surface area contributed by atoms with E-state index in [-0.39, 0.29) is 53.1 Å². The van der Waals surface area contributed by atoms with Gasteiger partial charge in [-0.1, -0.05) is 36.4 Å². The first-order valence-corrected chi connectivity index (χ1v) is 22.6. The van der Waals surface area contributed by atoms with Gasteiger partial charge in [0.2, 0.25) is 11.8 Å². The number of piperazine rings is 1. The number of ether oxygens (including phenoxy) is 2. The molecule has 11 nitrogen and oxygen atoms in total. The molecule has 0 unspecified atom stereocenters. The number of phenolic OH excluding ortho intramolecular Hbond substituents is 1. The molecule has 4 aromatic rings. The molecule has 0 aromatic heterocycles. The lowest BCUT2D eigenvalue weighted by molar-refractivity contribution is -0.136. The molecule has 5 aliphatic heterocycles. The number of phenols is 1. The normalized spacial score (nSPS) is 25.6. The van der Waals surface area contributed by atoms with Gasteiger partial charge >= 0.3 is 0 Å². The van der Waals surface area contributed by atoms with E-state index in [4.69, 9.17) is 9.47 Å². The minimum absolute atomic E-state index is 0.102. The molecule has 7 aliphatic rings. The molecule has 3 amide bonds. The van der Waals surface area contributed by atoms with E-state index in [9.17, 15) is 19.5 Å². The van der Waals surface area contributed by atoms with Crippen LogP contribution < -0.4 is 24.6 Å². The molecule has 62 heavy (non-hydrogen) atoms. The summed E-state index contributed by atoms with van der Waals surface area (Å²) in [6.45, 7) is 6.40. The molecule has 4 atom stereocenters. The first-order valence-electron chi connectivity index (χ1n) is 22.6. The Balaban J connectivity index is 0.716. The lowest BCUT2D eigenvalue weighted by Gasteiger charge is -2.55. The third-order valence-electron chi connectivity index (χ3n) is 15.5. The van der Waals surface area contributed by atoms with Crippen LogP contribution in [0.1, 0.15) is 95.0 Å². The minimum Gasteiger partial charge on any atom is -0.508 e. The average Bonchev–Trinajstić information content (AvgIpc) is 3.61. The van der Waals surface area contributed by atoms with Crippen LogP contribution in [-0.2, 0) is 22.6 Å². The Morgan fingerprint density at radius 2 is 1.71 bits per heavy atom. The highest BCUT2D eigenvalue weighted by Crippen LogP contribution is 2.53. The van der Waals surface area contributed by atoms with Gasteiger partial charge in [-0.05, 0) is 104 Å². The molecule has 2 N–H and O–H groups in total. The molecule has 1 saturated carbocycles. The van der Waals surface area contributed by atoms with Gasteiger partial charge in [0.15, 0.2) is 0 Å². The molecule has 1 spiro atoms. The van der Waals surface area contributed by atoms with Crippen LogP contribution in [0.4, 0.5) is 15.8 Å². The number of nitrogens with zero attached hydrogens (tertiary/aromatic N) is 4. The lowest BCUT2D eigenvalue weighted by atomic mass is 9.65. The van der Waals surface area contributed by atoms with Gasteiger partial charge < -0.3 is 29.3 Å². The van der Waals surface area contributed by atoms with Crippen molar-refractivity contribution < 1.29 is 33.4 Å². The van der Waals surface area contributed by atoms with Crippen LogP contribution in [0.3, 0.4) is 0 Å². The van der Waals surface area contributed by atoms with Crippen LogP contribution in [0, 0.1) is 17.2 Å². The zero-order valence-corrected chi connectivity index (χ0v) is 35.3. The average molecular weight is 840 g/mol. The van der Waals surface area contributed by atoms with E-state index in [0.29, 0.717) is 42.5 Å².